The van der Waals surface area contributed by atoms with Gasteiger partial charge in [0.2, 0.25) is 5.79 Å². The first-order chi connectivity index (χ1) is 16.5. The van der Waals surface area contributed by atoms with Gasteiger partial charge in [-0.05, 0) is 48.9 Å². The van der Waals surface area contributed by atoms with Gasteiger partial charge >= 0.3 is 6.09 Å². The summed E-state index contributed by atoms with van der Waals surface area (Å²) in [6, 6.07) is 13.3. The van der Waals surface area contributed by atoms with Crippen LogP contribution in [0.25, 0.3) is 0 Å². The molecule has 2 fully saturated rings. The number of fused-ring (bicyclic) bond motifs is 1. The van der Waals surface area contributed by atoms with Gasteiger partial charge in [0.1, 0.15) is 5.75 Å². The average Bonchev–Trinajstić information content (AvgIpc) is 3.48. The molecule has 1 saturated carbocycles. The van der Waals surface area contributed by atoms with Crippen LogP contribution in [0.15, 0.2) is 42.5 Å². The number of hydrogen-bond donors (Lipinski definition) is 0. The molecular weight excluding hydrogens is 434 g/mol. The number of carbonyl (C=O) groups excluding carboxylic acids is 1. The minimum Gasteiger partial charge on any atom is -0.493 e. The van der Waals surface area contributed by atoms with Gasteiger partial charge in [0.05, 0.1) is 20.3 Å². The summed E-state index contributed by atoms with van der Waals surface area (Å²) in [6.45, 7) is 3.34. The number of likely N-dealkylation sites (N-methyl/N-ethyl adjacent to an activating group) is 1. The number of carbonyl (C=O) groups is 1. The molecule has 0 aromatic heterocycles. The number of rotatable bonds is 4. The Morgan fingerprint density at radius 2 is 1.91 bits per heavy atom. The number of methoxy groups -OCH3 is 1. The van der Waals surface area contributed by atoms with E-state index in [2.05, 4.69) is 13.0 Å². The lowest BCUT2D eigenvalue weighted by atomic mass is 9.52. The molecule has 0 radical (unpaired) electrons. The fourth-order valence-corrected chi connectivity index (χ4v) is 7.02. The first-order valence-corrected chi connectivity index (χ1v) is 12.2. The Morgan fingerprint density at radius 3 is 2.62 bits per heavy atom. The lowest BCUT2D eigenvalue weighted by Crippen LogP contribution is -2.67. The van der Waals surface area contributed by atoms with E-state index in [1.807, 2.05) is 31.3 Å². The molecule has 2 aromatic carbocycles. The largest absolute Gasteiger partial charge is 0.493 e. The molecule has 34 heavy (non-hydrogen) atoms. The molecule has 6 rings (SSSR count). The van der Waals surface area contributed by atoms with Crippen LogP contribution in [-0.2, 0) is 21.3 Å². The molecule has 180 valence electrons. The molecule has 2 aliphatic heterocycles. The maximum absolute atomic E-state index is 13.2. The molecule has 2 unspecified atom stereocenters. The second-order valence-electron chi connectivity index (χ2n) is 9.74. The van der Waals surface area contributed by atoms with Crippen LogP contribution in [0, 0.1) is 5.92 Å². The summed E-state index contributed by atoms with van der Waals surface area (Å²) in [7, 11) is 3.53. The van der Waals surface area contributed by atoms with Crippen LogP contribution in [0.3, 0.4) is 0 Å². The van der Waals surface area contributed by atoms with Crippen molar-refractivity contribution in [2.75, 3.05) is 27.4 Å². The van der Waals surface area contributed by atoms with Crippen molar-refractivity contribution in [2.24, 2.45) is 5.92 Å². The Kier molecular flexibility index (Phi) is 5.04. The maximum atomic E-state index is 13.2. The van der Waals surface area contributed by atoms with Gasteiger partial charge in [0, 0.05) is 30.5 Å². The van der Waals surface area contributed by atoms with Crippen LogP contribution < -0.4 is 14.2 Å². The molecule has 2 heterocycles. The molecule has 0 N–H and O–H groups in total. The lowest BCUT2D eigenvalue weighted by molar-refractivity contribution is -0.255. The van der Waals surface area contributed by atoms with E-state index in [9.17, 15) is 4.79 Å². The third-order valence-corrected chi connectivity index (χ3v) is 8.45. The van der Waals surface area contributed by atoms with E-state index >= 15 is 0 Å². The Balaban J connectivity index is 1.43. The zero-order chi connectivity index (χ0) is 23.5. The standard InChI is InChI=1S/C27H31NO6/c1-4-26-19-12-13-27(31-14-15-32-27)24(26)34-23-21(30-3)11-10-17(22(23)26)16-20(19)28(2)25(29)33-18-8-6-5-7-9-18/h5-11,19-20,24H,4,12-16H2,1-3H3/t19?,20?,24-,26+/m0/s1. The quantitative estimate of drug-likeness (QED) is 0.670. The summed E-state index contributed by atoms with van der Waals surface area (Å²) >= 11 is 0. The summed E-state index contributed by atoms with van der Waals surface area (Å²) in [5.74, 6) is 1.51. The van der Waals surface area contributed by atoms with Crippen molar-refractivity contribution in [3.8, 4) is 17.2 Å². The summed E-state index contributed by atoms with van der Waals surface area (Å²) in [4.78, 5) is 15.0. The summed E-state index contributed by atoms with van der Waals surface area (Å²) in [6.07, 6.45) is 2.55. The van der Waals surface area contributed by atoms with Gasteiger partial charge in [-0.2, -0.15) is 0 Å². The SMILES string of the molecule is CC[C@@]12c3c4ccc(OC)c3O[C@@H]1C1(CCC2C(N(C)C(=O)Oc2ccccc2)C4)OCCO1. The summed E-state index contributed by atoms with van der Waals surface area (Å²) in [5, 5.41) is 0. The predicted octanol–water partition coefficient (Wildman–Crippen LogP) is 4.31. The second-order valence-corrected chi connectivity index (χ2v) is 9.74. The predicted molar refractivity (Wildman–Crippen MR) is 124 cm³/mol. The summed E-state index contributed by atoms with van der Waals surface area (Å²) in [5.41, 5.74) is 2.06. The van der Waals surface area contributed by atoms with Gasteiger partial charge in [-0.3, -0.25) is 0 Å². The molecule has 4 aliphatic rings. The van der Waals surface area contributed by atoms with Crippen molar-refractivity contribution >= 4 is 6.09 Å². The lowest BCUT2D eigenvalue weighted by Gasteiger charge is -2.56. The molecule has 2 aliphatic carbocycles. The molecular formula is C27H31NO6. The molecule has 1 spiro atoms. The van der Waals surface area contributed by atoms with Crippen LogP contribution in [0.4, 0.5) is 4.79 Å². The first kappa shape index (κ1) is 21.7. The van der Waals surface area contributed by atoms with Crippen LogP contribution in [0.5, 0.6) is 17.2 Å². The van der Waals surface area contributed by atoms with Gasteiger partial charge in [0.25, 0.3) is 0 Å². The van der Waals surface area contributed by atoms with E-state index in [0.717, 1.165) is 37.2 Å². The highest BCUT2D eigenvalue weighted by Crippen LogP contribution is 2.65. The third kappa shape index (κ3) is 2.86. The van der Waals surface area contributed by atoms with Crippen LogP contribution in [0.2, 0.25) is 0 Å². The van der Waals surface area contributed by atoms with Gasteiger partial charge in [-0.15, -0.1) is 0 Å². The molecule has 2 aromatic rings. The van der Waals surface area contributed by atoms with E-state index in [-0.39, 0.29) is 29.6 Å². The van der Waals surface area contributed by atoms with Crippen molar-refractivity contribution < 1.29 is 28.5 Å². The number of hydrogen-bond acceptors (Lipinski definition) is 6. The van der Waals surface area contributed by atoms with Crippen molar-refractivity contribution in [3.05, 3.63) is 53.6 Å². The topological polar surface area (TPSA) is 66.5 Å². The van der Waals surface area contributed by atoms with Gasteiger partial charge in [-0.25, -0.2) is 4.79 Å². The molecule has 1 amide bonds. The van der Waals surface area contributed by atoms with Crippen LogP contribution in [-0.4, -0.2) is 56.3 Å². The highest BCUT2D eigenvalue weighted by molar-refractivity contribution is 5.71. The van der Waals surface area contributed by atoms with E-state index in [0.29, 0.717) is 19.0 Å². The third-order valence-electron chi connectivity index (χ3n) is 8.45. The minimum absolute atomic E-state index is 0.0344. The zero-order valence-electron chi connectivity index (χ0n) is 19.9. The highest BCUT2D eigenvalue weighted by Gasteiger charge is 2.69. The number of benzene rings is 2. The van der Waals surface area contributed by atoms with E-state index in [1.165, 1.54) is 11.1 Å². The van der Waals surface area contributed by atoms with Crippen molar-refractivity contribution in [1.82, 2.24) is 4.90 Å². The Bertz CT molecular complexity index is 1100. The van der Waals surface area contributed by atoms with E-state index in [4.69, 9.17) is 23.7 Å². The normalized spacial score (nSPS) is 29.9. The van der Waals surface area contributed by atoms with E-state index in [1.54, 1.807) is 24.1 Å². The number of nitrogens with zero attached hydrogens (tertiary/aromatic N) is 1. The van der Waals surface area contributed by atoms with Crippen molar-refractivity contribution in [1.29, 1.82) is 0 Å². The molecule has 4 atom stereocenters. The molecule has 7 nitrogen and oxygen atoms in total. The van der Waals surface area contributed by atoms with E-state index < -0.39 is 5.79 Å². The number of ether oxygens (including phenoxy) is 5. The second kappa shape index (κ2) is 7.89. The molecule has 1 saturated heterocycles. The average molecular weight is 466 g/mol. The fraction of sp³-hybridized carbons (Fsp3) is 0.519. The van der Waals surface area contributed by atoms with Gasteiger partial charge in [-0.1, -0.05) is 31.2 Å². The number of para-hydroxylation sites is 1. The summed E-state index contributed by atoms with van der Waals surface area (Å²) < 4.78 is 30.7. The molecule has 0 bridgehead atoms. The van der Waals surface area contributed by atoms with Crippen LogP contribution in [0.1, 0.15) is 37.3 Å². The molecule has 7 heteroatoms. The van der Waals surface area contributed by atoms with Crippen LogP contribution >= 0.6 is 0 Å². The smallest absolute Gasteiger partial charge is 0.415 e. The monoisotopic (exact) mass is 465 g/mol. The van der Waals surface area contributed by atoms with Gasteiger partial charge in [0.15, 0.2) is 17.6 Å². The van der Waals surface area contributed by atoms with Crippen molar-refractivity contribution in [3.63, 3.8) is 0 Å². The Morgan fingerprint density at radius 1 is 1.15 bits per heavy atom. The fourth-order valence-electron chi connectivity index (χ4n) is 7.02. The minimum atomic E-state index is -0.765. The Hall–Kier alpha value is -2.77. The maximum Gasteiger partial charge on any atom is 0.415 e. The first-order valence-electron chi connectivity index (χ1n) is 12.2. The Labute approximate surface area is 199 Å². The zero-order valence-corrected chi connectivity index (χ0v) is 19.9. The number of amides is 1. The highest BCUT2D eigenvalue weighted by atomic mass is 16.8. The van der Waals surface area contributed by atoms with Crippen molar-refractivity contribution in [2.45, 2.75) is 56.0 Å². The van der Waals surface area contributed by atoms with Gasteiger partial charge < -0.3 is 28.6 Å².